The molecule has 2 amide bonds. The van der Waals surface area contributed by atoms with E-state index in [0.717, 1.165) is 5.56 Å². The van der Waals surface area contributed by atoms with Crippen LogP contribution in [0.3, 0.4) is 0 Å². The van der Waals surface area contributed by atoms with Crippen LogP contribution in [-0.2, 0) is 37.5 Å². The lowest BCUT2D eigenvalue weighted by Crippen LogP contribution is -2.35. The summed E-state index contributed by atoms with van der Waals surface area (Å²) >= 11 is 0. The number of aryl methyl sites for hydroxylation is 1. The number of amides is 2. The van der Waals surface area contributed by atoms with Crippen LogP contribution in [0.5, 0.6) is 0 Å². The topological polar surface area (TPSA) is 123 Å². The van der Waals surface area contributed by atoms with Crippen molar-refractivity contribution in [2.45, 2.75) is 25.0 Å². The second kappa shape index (κ2) is 7.71. The molecule has 154 valence electrons. The summed E-state index contributed by atoms with van der Waals surface area (Å²) in [5, 5.41) is 9.42. The second-order valence-corrected chi connectivity index (χ2v) is 9.08. The zero-order chi connectivity index (χ0) is 21.3. The number of rotatable bonds is 4. The molecule has 1 aliphatic heterocycles. The Morgan fingerprint density at radius 2 is 1.83 bits per heavy atom. The standard InChI is InChI=1S/C20H19N5O4S/c1-13-5-7-15(8-6-13)25-18(16-11-30(28,29)12-17(16)24-25)23-20(27)19(26)22-10-14-4-2-3-9-21-14/h2-9H,10-12H2,1H3,(H,22,26)(H,23,27). The first-order chi connectivity index (χ1) is 14.3. The van der Waals surface area contributed by atoms with Crippen LogP contribution in [0.4, 0.5) is 5.82 Å². The van der Waals surface area contributed by atoms with Crippen molar-refractivity contribution in [1.29, 1.82) is 0 Å². The number of carbonyl (C=O) groups is 2. The lowest BCUT2D eigenvalue weighted by Gasteiger charge is -2.11. The highest BCUT2D eigenvalue weighted by atomic mass is 32.2. The Bertz CT molecular complexity index is 1220. The van der Waals surface area contributed by atoms with Crippen molar-refractivity contribution in [3.63, 3.8) is 0 Å². The maximum atomic E-state index is 12.5. The van der Waals surface area contributed by atoms with E-state index in [4.69, 9.17) is 0 Å². The first-order valence-electron chi connectivity index (χ1n) is 9.20. The summed E-state index contributed by atoms with van der Waals surface area (Å²) in [6.45, 7) is 2.03. The van der Waals surface area contributed by atoms with E-state index in [0.29, 0.717) is 22.6 Å². The minimum atomic E-state index is -3.33. The van der Waals surface area contributed by atoms with E-state index in [2.05, 4.69) is 20.7 Å². The highest BCUT2D eigenvalue weighted by molar-refractivity contribution is 7.90. The van der Waals surface area contributed by atoms with Crippen LogP contribution in [0.1, 0.15) is 22.5 Å². The van der Waals surface area contributed by atoms with Gasteiger partial charge in [0.2, 0.25) is 0 Å². The molecule has 0 radical (unpaired) electrons. The molecule has 10 heteroatoms. The average Bonchev–Trinajstić information content (AvgIpc) is 3.20. The van der Waals surface area contributed by atoms with Gasteiger partial charge in [-0.3, -0.25) is 14.6 Å². The number of nitrogens with one attached hydrogen (secondary N) is 2. The molecule has 2 aromatic heterocycles. The number of fused-ring (bicyclic) bond motifs is 1. The first kappa shape index (κ1) is 19.8. The molecule has 0 unspecified atom stereocenters. The Morgan fingerprint density at radius 3 is 2.53 bits per heavy atom. The van der Waals surface area contributed by atoms with E-state index in [1.54, 1.807) is 24.4 Å². The summed E-state index contributed by atoms with van der Waals surface area (Å²) in [5.74, 6) is -2.01. The quantitative estimate of drug-likeness (QED) is 0.607. The molecule has 4 rings (SSSR count). The van der Waals surface area contributed by atoms with E-state index < -0.39 is 21.7 Å². The Morgan fingerprint density at radius 1 is 1.07 bits per heavy atom. The Balaban J connectivity index is 1.58. The summed E-state index contributed by atoms with van der Waals surface area (Å²) < 4.78 is 25.5. The van der Waals surface area contributed by atoms with Gasteiger partial charge in [0.1, 0.15) is 5.82 Å². The molecule has 2 N–H and O–H groups in total. The lowest BCUT2D eigenvalue weighted by molar-refractivity contribution is -0.136. The fourth-order valence-corrected chi connectivity index (χ4v) is 4.66. The monoisotopic (exact) mass is 425 g/mol. The van der Waals surface area contributed by atoms with Gasteiger partial charge in [-0.1, -0.05) is 23.8 Å². The van der Waals surface area contributed by atoms with Gasteiger partial charge in [0.15, 0.2) is 9.84 Å². The van der Waals surface area contributed by atoms with Crippen LogP contribution >= 0.6 is 0 Å². The molecule has 3 heterocycles. The Hall–Kier alpha value is -3.53. The third-order valence-electron chi connectivity index (χ3n) is 4.66. The summed E-state index contributed by atoms with van der Waals surface area (Å²) in [6, 6.07) is 12.6. The Labute approximate surface area is 173 Å². The lowest BCUT2D eigenvalue weighted by atomic mass is 10.2. The predicted octanol–water partition coefficient (Wildman–Crippen LogP) is 1.26. The SMILES string of the molecule is Cc1ccc(-n2nc3c(c2NC(=O)C(=O)NCc2ccccn2)CS(=O)(=O)C3)cc1. The van der Waals surface area contributed by atoms with Crippen LogP contribution in [0.15, 0.2) is 48.7 Å². The highest BCUT2D eigenvalue weighted by Crippen LogP contribution is 2.32. The molecule has 0 atom stereocenters. The number of carbonyl (C=O) groups excluding carboxylic acids is 2. The van der Waals surface area contributed by atoms with Gasteiger partial charge >= 0.3 is 11.8 Å². The minimum absolute atomic E-state index is 0.0941. The van der Waals surface area contributed by atoms with Gasteiger partial charge in [-0.2, -0.15) is 5.10 Å². The number of aromatic nitrogens is 3. The largest absolute Gasteiger partial charge is 0.342 e. The molecular weight excluding hydrogens is 406 g/mol. The predicted molar refractivity (Wildman–Crippen MR) is 109 cm³/mol. The number of hydrogen-bond donors (Lipinski definition) is 2. The fourth-order valence-electron chi connectivity index (χ4n) is 3.16. The van der Waals surface area contributed by atoms with Gasteiger partial charge in [0.05, 0.1) is 35.1 Å². The van der Waals surface area contributed by atoms with Crippen molar-refractivity contribution in [2.75, 3.05) is 5.32 Å². The van der Waals surface area contributed by atoms with Gasteiger partial charge in [-0.05, 0) is 31.2 Å². The second-order valence-electron chi connectivity index (χ2n) is 7.01. The normalized spacial score (nSPS) is 14.2. The number of nitrogens with zero attached hydrogens (tertiary/aromatic N) is 3. The Kier molecular flexibility index (Phi) is 5.08. The first-order valence-corrected chi connectivity index (χ1v) is 11.0. The smallest absolute Gasteiger partial charge is 0.314 e. The zero-order valence-electron chi connectivity index (χ0n) is 16.1. The van der Waals surface area contributed by atoms with E-state index in [1.165, 1.54) is 4.68 Å². The third kappa shape index (κ3) is 4.08. The van der Waals surface area contributed by atoms with Gasteiger partial charge in [0, 0.05) is 11.8 Å². The molecule has 9 nitrogen and oxygen atoms in total. The molecule has 0 spiro atoms. The molecule has 0 aliphatic carbocycles. The molecule has 3 aromatic rings. The molecule has 0 saturated carbocycles. The van der Waals surface area contributed by atoms with Crippen molar-refractivity contribution in [2.24, 2.45) is 0 Å². The van der Waals surface area contributed by atoms with Gasteiger partial charge in [-0.25, -0.2) is 13.1 Å². The van der Waals surface area contributed by atoms with Crippen LogP contribution in [0.25, 0.3) is 5.69 Å². The average molecular weight is 425 g/mol. The van der Waals surface area contributed by atoms with Crippen molar-refractivity contribution >= 4 is 27.5 Å². The minimum Gasteiger partial charge on any atom is -0.342 e. The van der Waals surface area contributed by atoms with E-state index >= 15 is 0 Å². The highest BCUT2D eigenvalue weighted by Gasteiger charge is 2.33. The molecule has 0 fully saturated rings. The van der Waals surface area contributed by atoms with E-state index in [9.17, 15) is 18.0 Å². The number of pyridine rings is 1. The number of anilines is 1. The van der Waals surface area contributed by atoms with Crippen molar-refractivity contribution < 1.29 is 18.0 Å². The summed E-state index contributed by atoms with van der Waals surface area (Å²) in [6.07, 6.45) is 1.59. The molecule has 1 aliphatic rings. The van der Waals surface area contributed by atoms with Crippen molar-refractivity contribution in [3.05, 3.63) is 71.2 Å². The van der Waals surface area contributed by atoms with E-state index in [1.807, 2.05) is 31.2 Å². The third-order valence-corrected chi connectivity index (χ3v) is 6.10. The van der Waals surface area contributed by atoms with Gasteiger partial charge < -0.3 is 10.6 Å². The molecule has 0 bridgehead atoms. The van der Waals surface area contributed by atoms with Gasteiger partial charge in [0.25, 0.3) is 0 Å². The number of benzene rings is 1. The van der Waals surface area contributed by atoms with Crippen molar-refractivity contribution in [3.8, 4) is 5.69 Å². The summed E-state index contributed by atoms with van der Waals surface area (Å²) in [7, 11) is -3.33. The molecule has 0 saturated heterocycles. The van der Waals surface area contributed by atoms with Crippen LogP contribution in [0, 0.1) is 6.92 Å². The zero-order valence-corrected chi connectivity index (χ0v) is 16.9. The number of sulfone groups is 1. The fraction of sp³-hybridized carbons (Fsp3) is 0.200. The summed E-state index contributed by atoms with van der Waals surface area (Å²) in [4.78, 5) is 28.8. The molecule has 1 aromatic carbocycles. The number of hydrogen-bond acceptors (Lipinski definition) is 6. The van der Waals surface area contributed by atoms with E-state index in [-0.39, 0.29) is 23.9 Å². The maximum Gasteiger partial charge on any atom is 0.314 e. The van der Waals surface area contributed by atoms with Crippen LogP contribution in [0.2, 0.25) is 0 Å². The molecular formula is C20H19N5O4S. The van der Waals surface area contributed by atoms with Crippen LogP contribution in [-0.4, -0.2) is 35.0 Å². The van der Waals surface area contributed by atoms with Gasteiger partial charge in [-0.15, -0.1) is 0 Å². The molecule has 30 heavy (non-hydrogen) atoms. The van der Waals surface area contributed by atoms with Crippen LogP contribution < -0.4 is 10.6 Å². The maximum absolute atomic E-state index is 12.5. The van der Waals surface area contributed by atoms with Crippen molar-refractivity contribution in [1.82, 2.24) is 20.1 Å². The summed E-state index contributed by atoms with van der Waals surface area (Å²) in [5.41, 5.74) is 3.08.